The SMILES string of the molecule is CCN(CC)c1ccc(NC(=O)Cc2ccc(S(=O)(=O)N3CCCCC3)cc2)cc1. The van der Waals surface area contributed by atoms with Crippen LogP contribution in [0.3, 0.4) is 0 Å². The van der Waals surface area contributed by atoms with Gasteiger partial charge >= 0.3 is 0 Å². The predicted octanol–water partition coefficient (Wildman–Crippen LogP) is 3.89. The van der Waals surface area contributed by atoms with Crippen molar-refractivity contribution in [2.75, 3.05) is 36.4 Å². The average molecular weight is 430 g/mol. The summed E-state index contributed by atoms with van der Waals surface area (Å²) in [4.78, 5) is 14.9. The molecule has 6 nitrogen and oxygen atoms in total. The normalized spacial score (nSPS) is 15.0. The standard InChI is InChI=1S/C23H31N3O3S/c1-3-25(4-2)21-12-10-20(11-13-21)24-23(27)18-19-8-14-22(15-9-19)30(28,29)26-16-6-5-7-17-26/h8-15H,3-7,16-18H2,1-2H3,(H,24,27). The van der Waals surface area contributed by atoms with E-state index >= 15 is 0 Å². The van der Waals surface area contributed by atoms with Crippen molar-refractivity contribution in [3.8, 4) is 0 Å². The fraction of sp³-hybridized carbons (Fsp3) is 0.435. The van der Waals surface area contributed by atoms with Crippen LogP contribution in [-0.2, 0) is 21.2 Å². The van der Waals surface area contributed by atoms with Gasteiger partial charge in [0.15, 0.2) is 0 Å². The summed E-state index contributed by atoms with van der Waals surface area (Å²) in [7, 11) is -3.44. The maximum absolute atomic E-state index is 12.7. The molecule has 2 aromatic carbocycles. The van der Waals surface area contributed by atoms with Crippen molar-refractivity contribution >= 4 is 27.3 Å². The van der Waals surface area contributed by atoms with Crippen LogP contribution in [0.1, 0.15) is 38.7 Å². The molecule has 1 aliphatic rings. The summed E-state index contributed by atoms with van der Waals surface area (Å²) in [5.74, 6) is -0.128. The minimum atomic E-state index is -3.44. The maximum atomic E-state index is 12.7. The number of sulfonamides is 1. The van der Waals surface area contributed by atoms with E-state index in [9.17, 15) is 13.2 Å². The van der Waals surface area contributed by atoms with Crippen molar-refractivity contribution in [2.45, 2.75) is 44.4 Å². The number of nitrogens with zero attached hydrogens (tertiary/aromatic N) is 2. The van der Waals surface area contributed by atoms with Crippen molar-refractivity contribution in [3.63, 3.8) is 0 Å². The average Bonchev–Trinajstić information content (AvgIpc) is 2.77. The second-order valence-corrected chi connectivity index (χ2v) is 9.49. The monoisotopic (exact) mass is 429 g/mol. The minimum absolute atomic E-state index is 0.128. The molecule has 1 fully saturated rings. The highest BCUT2D eigenvalue weighted by Gasteiger charge is 2.25. The number of anilines is 2. The molecule has 3 rings (SSSR count). The van der Waals surface area contributed by atoms with Crippen LogP contribution in [0.15, 0.2) is 53.4 Å². The summed E-state index contributed by atoms with van der Waals surface area (Å²) in [6, 6.07) is 14.5. The van der Waals surface area contributed by atoms with Crippen molar-refractivity contribution < 1.29 is 13.2 Å². The van der Waals surface area contributed by atoms with E-state index < -0.39 is 10.0 Å². The number of nitrogens with one attached hydrogen (secondary N) is 1. The Morgan fingerprint density at radius 3 is 2.10 bits per heavy atom. The molecule has 1 saturated heterocycles. The number of amides is 1. The van der Waals surface area contributed by atoms with Gasteiger partial charge in [-0.15, -0.1) is 0 Å². The van der Waals surface area contributed by atoms with Crippen LogP contribution in [0, 0.1) is 0 Å². The molecule has 162 valence electrons. The minimum Gasteiger partial charge on any atom is -0.372 e. The third kappa shape index (κ3) is 5.40. The number of hydrogen-bond donors (Lipinski definition) is 1. The molecule has 0 radical (unpaired) electrons. The molecule has 0 aromatic heterocycles. The predicted molar refractivity (Wildman–Crippen MR) is 121 cm³/mol. The molecular formula is C23H31N3O3S. The fourth-order valence-corrected chi connectivity index (χ4v) is 5.29. The first-order valence-corrected chi connectivity index (χ1v) is 12.1. The lowest BCUT2D eigenvalue weighted by Gasteiger charge is -2.25. The van der Waals surface area contributed by atoms with Gasteiger partial charge in [0.05, 0.1) is 11.3 Å². The lowest BCUT2D eigenvalue weighted by Crippen LogP contribution is -2.35. The van der Waals surface area contributed by atoms with Crippen molar-refractivity contribution in [3.05, 3.63) is 54.1 Å². The number of carbonyl (C=O) groups excluding carboxylic acids is 1. The fourth-order valence-electron chi connectivity index (χ4n) is 3.77. The van der Waals surface area contributed by atoms with Gasteiger partial charge in [0, 0.05) is 37.6 Å². The molecule has 0 saturated carbocycles. The van der Waals surface area contributed by atoms with Gasteiger partial charge in [0.25, 0.3) is 0 Å². The Bertz CT molecular complexity index is 931. The Balaban J connectivity index is 1.59. The van der Waals surface area contributed by atoms with Gasteiger partial charge < -0.3 is 10.2 Å². The molecule has 0 bridgehead atoms. The quantitative estimate of drug-likeness (QED) is 0.691. The first-order chi connectivity index (χ1) is 14.4. The van der Waals surface area contributed by atoms with Gasteiger partial charge in [0.1, 0.15) is 0 Å². The van der Waals surface area contributed by atoms with Gasteiger partial charge in [-0.25, -0.2) is 8.42 Å². The highest BCUT2D eigenvalue weighted by atomic mass is 32.2. The molecule has 1 amide bonds. The van der Waals surface area contributed by atoms with Crippen molar-refractivity contribution in [1.82, 2.24) is 4.31 Å². The Morgan fingerprint density at radius 1 is 0.933 bits per heavy atom. The van der Waals surface area contributed by atoms with Crippen molar-refractivity contribution in [1.29, 1.82) is 0 Å². The molecule has 0 unspecified atom stereocenters. The molecule has 0 atom stereocenters. The van der Waals surface area contributed by atoms with E-state index in [1.807, 2.05) is 24.3 Å². The van der Waals surface area contributed by atoms with Crippen molar-refractivity contribution in [2.24, 2.45) is 0 Å². The van der Waals surface area contributed by atoms with Crippen LogP contribution < -0.4 is 10.2 Å². The molecule has 1 aliphatic heterocycles. The highest BCUT2D eigenvalue weighted by Crippen LogP contribution is 2.21. The zero-order chi connectivity index (χ0) is 21.6. The summed E-state index contributed by atoms with van der Waals surface area (Å²) in [6.45, 7) is 7.26. The van der Waals surface area contributed by atoms with Gasteiger partial charge in [-0.2, -0.15) is 4.31 Å². The molecule has 0 aliphatic carbocycles. The zero-order valence-electron chi connectivity index (χ0n) is 17.8. The third-order valence-electron chi connectivity index (χ3n) is 5.52. The Morgan fingerprint density at radius 2 is 1.53 bits per heavy atom. The van der Waals surface area contributed by atoms with E-state index in [4.69, 9.17) is 0 Å². The smallest absolute Gasteiger partial charge is 0.243 e. The molecule has 1 N–H and O–H groups in total. The van der Waals surface area contributed by atoms with E-state index in [0.717, 1.165) is 49.3 Å². The van der Waals surface area contributed by atoms with E-state index in [-0.39, 0.29) is 12.3 Å². The van der Waals surface area contributed by atoms with Gasteiger partial charge in [0.2, 0.25) is 15.9 Å². The Kier molecular flexibility index (Phi) is 7.50. The first kappa shape index (κ1) is 22.3. The van der Waals surface area contributed by atoms with Crippen LogP contribution in [0.5, 0.6) is 0 Å². The summed E-state index contributed by atoms with van der Waals surface area (Å²) in [6.07, 6.45) is 3.10. The zero-order valence-corrected chi connectivity index (χ0v) is 18.6. The van der Waals surface area contributed by atoms with E-state index in [2.05, 4.69) is 24.1 Å². The highest BCUT2D eigenvalue weighted by molar-refractivity contribution is 7.89. The summed E-state index contributed by atoms with van der Waals surface area (Å²) >= 11 is 0. The van der Waals surface area contributed by atoms with Crippen LogP contribution in [0.25, 0.3) is 0 Å². The van der Waals surface area contributed by atoms with Crippen LogP contribution in [0.2, 0.25) is 0 Å². The molecule has 7 heteroatoms. The van der Waals surface area contributed by atoms with E-state index in [1.165, 1.54) is 0 Å². The summed E-state index contributed by atoms with van der Waals surface area (Å²) in [5.41, 5.74) is 2.66. The lowest BCUT2D eigenvalue weighted by molar-refractivity contribution is -0.115. The van der Waals surface area contributed by atoms with Gasteiger partial charge in [-0.3, -0.25) is 4.79 Å². The molecule has 1 heterocycles. The summed E-state index contributed by atoms with van der Waals surface area (Å²) in [5, 5.41) is 2.91. The Labute approximate surface area is 179 Å². The second-order valence-electron chi connectivity index (χ2n) is 7.55. The van der Waals surface area contributed by atoms with E-state index in [1.54, 1.807) is 28.6 Å². The third-order valence-corrected chi connectivity index (χ3v) is 7.43. The number of piperidine rings is 1. The van der Waals surface area contributed by atoms with Crippen LogP contribution >= 0.6 is 0 Å². The number of benzene rings is 2. The number of rotatable bonds is 8. The molecule has 0 spiro atoms. The topological polar surface area (TPSA) is 69.7 Å². The first-order valence-electron chi connectivity index (χ1n) is 10.7. The molecule has 30 heavy (non-hydrogen) atoms. The van der Waals surface area contributed by atoms with Gasteiger partial charge in [-0.05, 0) is 68.7 Å². The maximum Gasteiger partial charge on any atom is 0.243 e. The van der Waals surface area contributed by atoms with Crippen LogP contribution in [-0.4, -0.2) is 44.8 Å². The molecule has 2 aromatic rings. The Hall–Kier alpha value is -2.38. The molecular weight excluding hydrogens is 398 g/mol. The van der Waals surface area contributed by atoms with Crippen LogP contribution in [0.4, 0.5) is 11.4 Å². The lowest BCUT2D eigenvalue weighted by atomic mass is 10.1. The largest absolute Gasteiger partial charge is 0.372 e. The van der Waals surface area contributed by atoms with Gasteiger partial charge in [-0.1, -0.05) is 18.6 Å². The summed E-state index contributed by atoms with van der Waals surface area (Å²) < 4.78 is 27.0. The number of hydrogen-bond acceptors (Lipinski definition) is 4. The van der Waals surface area contributed by atoms with E-state index in [0.29, 0.717) is 18.0 Å². The number of carbonyl (C=O) groups is 1. The second kappa shape index (κ2) is 10.1.